The van der Waals surface area contributed by atoms with Gasteiger partial charge in [0.1, 0.15) is 0 Å². The number of piperidine rings is 1. The van der Waals surface area contributed by atoms with Gasteiger partial charge < -0.3 is 4.90 Å². The van der Waals surface area contributed by atoms with E-state index in [2.05, 4.69) is 17.9 Å². The van der Waals surface area contributed by atoms with Gasteiger partial charge in [0, 0.05) is 17.5 Å². The predicted octanol–water partition coefficient (Wildman–Crippen LogP) is 3.55. The first-order valence-electron chi connectivity index (χ1n) is 6.32. The highest BCUT2D eigenvalue weighted by Crippen LogP contribution is 2.24. The Morgan fingerprint density at radius 3 is 3.12 bits per heavy atom. The van der Waals surface area contributed by atoms with Crippen molar-refractivity contribution in [1.82, 2.24) is 4.90 Å². The smallest absolute Gasteiger partial charge is 0.166 e. The van der Waals surface area contributed by atoms with Crippen LogP contribution >= 0.6 is 11.3 Å². The number of nitrogens with zero attached hydrogens (tertiary/aromatic N) is 1. The molecule has 0 spiro atoms. The number of rotatable bonds is 4. The van der Waals surface area contributed by atoms with Gasteiger partial charge in [0.15, 0.2) is 6.29 Å². The molecule has 1 aliphatic heterocycles. The number of hydrogen-bond acceptors (Lipinski definition) is 3. The van der Waals surface area contributed by atoms with E-state index in [1.54, 1.807) is 11.3 Å². The largest absolute Gasteiger partial charge is 0.366 e. The molecule has 17 heavy (non-hydrogen) atoms. The molecule has 2 heterocycles. The minimum atomic E-state index is 0.542. The van der Waals surface area contributed by atoms with E-state index in [1.165, 1.54) is 19.3 Å². The molecule has 0 N–H and O–H groups in total. The number of carbonyl (C=O) groups excluding carboxylic acids is 1. The monoisotopic (exact) mass is 249 g/mol. The summed E-state index contributed by atoms with van der Waals surface area (Å²) in [5, 5.41) is 2.04. The predicted molar refractivity (Wildman–Crippen MR) is 73.0 cm³/mol. The van der Waals surface area contributed by atoms with Crippen LogP contribution in [0.1, 0.15) is 37.5 Å². The number of allylic oxidation sites excluding steroid dienone is 1. The zero-order valence-corrected chi connectivity index (χ0v) is 11.1. The van der Waals surface area contributed by atoms with Gasteiger partial charge in [-0.3, -0.25) is 4.79 Å². The lowest BCUT2D eigenvalue weighted by Gasteiger charge is -2.37. The summed E-state index contributed by atoms with van der Waals surface area (Å²) >= 11 is 1.68. The van der Waals surface area contributed by atoms with Gasteiger partial charge in [-0.25, -0.2) is 0 Å². The topological polar surface area (TPSA) is 20.3 Å². The lowest BCUT2D eigenvalue weighted by atomic mass is 9.99. The fourth-order valence-corrected chi connectivity index (χ4v) is 3.13. The summed E-state index contributed by atoms with van der Waals surface area (Å²) in [7, 11) is 0. The molecule has 1 aromatic heterocycles. The van der Waals surface area contributed by atoms with Crippen molar-refractivity contribution >= 4 is 23.7 Å². The van der Waals surface area contributed by atoms with Crippen molar-refractivity contribution in [3.8, 4) is 0 Å². The lowest BCUT2D eigenvalue weighted by molar-refractivity contribution is -0.106. The van der Waals surface area contributed by atoms with Crippen molar-refractivity contribution in [2.24, 2.45) is 0 Å². The second-order valence-corrected chi connectivity index (χ2v) is 5.43. The second kappa shape index (κ2) is 6.01. The van der Waals surface area contributed by atoms with E-state index in [0.717, 1.165) is 29.8 Å². The van der Waals surface area contributed by atoms with Gasteiger partial charge in [0.2, 0.25) is 0 Å². The standard InChI is InChI=1S/C14H19NOS/c1-2-12-6-3-4-8-15(12)13(11-16)10-14-7-5-9-17-14/h5,7,9-12H,2-4,6,8H2,1H3/b13-10+. The summed E-state index contributed by atoms with van der Waals surface area (Å²) in [6.45, 7) is 3.23. The van der Waals surface area contributed by atoms with Crippen molar-refractivity contribution in [2.75, 3.05) is 6.54 Å². The number of thiophene rings is 1. The van der Waals surface area contributed by atoms with Gasteiger partial charge in [-0.2, -0.15) is 0 Å². The molecular formula is C14H19NOS. The molecule has 0 aromatic carbocycles. The molecule has 1 unspecified atom stereocenters. The van der Waals surface area contributed by atoms with E-state index in [1.807, 2.05) is 17.5 Å². The highest BCUT2D eigenvalue weighted by Gasteiger charge is 2.22. The van der Waals surface area contributed by atoms with Crippen LogP contribution in [0.2, 0.25) is 0 Å². The van der Waals surface area contributed by atoms with E-state index in [9.17, 15) is 4.79 Å². The molecule has 2 rings (SSSR count). The number of hydrogen-bond donors (Lipinski definition) is 0. The highest BCUT2D eigenvalue weighted by molar-refractivity contribution is 7.10. The summed E-state index contributed by atoms with van der Waals surface area (Å²) in [5.74, 6) is 0. The van der Waals surface area contributed by atoms with Crippen molar-refractivity contribution in [3.63, 3.8) is 0 Å². The van der Waals surface area contributed by atoms with Crippen LogP contribution in [0.4, 0.5) is 0 Å². The van der Waals surface area contributed by atoms with Crippen LogP contribution in [-0.4, -0.2) is 23.8 Å². The van der Waals surface area contributed by atoms with E-state index < -0.39 is 0 Å². The Morgan fingerprint density at radius 1 is 1.59 bits per heavy atom. The molecule has 1 saturated heterocycles. The SMILES string of the molecule is CCC1CCCCN1/C(C=O)=C/c1cccs1. The fourth-order valence-electron chi connectivity index (χ4n) is 2.47. The van der Waals surface area contributed by atoms with Gasteiger partial charge >= 0.3 is 0 Å². The molecule has 0 aliphatic carbocycles. The van der Waals surface area contributed by atoms with Crippen LogP contribution in [-0.2, 0) is 4.79 Å². The van der Waals surface area contributed by atoms with E-state index >= 15 is 0 Å². The molecule has 1 fully saturated rings. The Kier molecular flexibility index (Phi) is 4.37. The molecule has 0 saturated carbocycles. The van der Waals surface area contributed by atoms with Crippen LogP contribution in [0.25, 0.3) is 6.08 Å². The van der Waals surface area contributed by atoms with Gasteiger partial charge in [-0.15, -0.1) is 11.3 Å². The second-order valence-electron chi connectivity index (χ2n) is 4.45. The Morgan fingerprint density at radius 2 is 2.47 bits per heavy atom. The van der Waals surface area contributed by atoms with Gasteiger partial charge in [0.05, 0.1) is 5.70 Å². The van der Waals surface area contributed by atoms with Gasteiger partial charge in [-0.1, -0.05) is 13.0 Å². The first-order chi connectivity index (χ1) is 8.35. The Hall–Kier alpha value is -1.09. The maximum atomic E-state index is 11.3. The Bertz CT molecular complexity index is 383. The van der Waals surface area contributed by atoms with Crippen LogP contribution < -0.4 is 0 Å². The zero-order chi connectivity index (χ0) is 12.1. The molecule has 0 amide bonds. The highest BCUT2D eigenvalue weighted by atomic mass is 32.1. The molecule has 1 aliphatic rings. The molecule has 0 bridgehead atoms. The molecular weight excluding hydrogens is 230 g/mol. The third-order valence-electron chi connectivity index (χ3n) is 3.38. The van der Waals surface area contributed by atoms with E-state index in [0.29, 0.717) is 6.04 Å². The van der Waals surface area contributed by atoms with E-state index in [4.69, 9.17) is 0 Å². The molecule has 1 atom stereocenters. The van der Waals surface area contributed by atoms with Crippen LogP contribution in [0.5, 0.6) is 0 Å². The first-order valence-corrected chi connectivity index (χ1v) is 7.20. The summed E-state index contributed by atoms with van der Waals surface area (Å²) in [6.07, 6.45) is 7.85. The quantitative estimate of drug-likeness (QED) is 0.601. The molecule has 1 aromatic rings. The van der Waals surface area contributed by atoms with Crippen LogP contribution in [0, 0.1) is 0 Å². The van der Waals surface area contributed by atoms with Crippen molar-refractivity contribution < 1.29 is 4.79 Å². The van der Waals surface area contributed by atoms with Crippen LogP contribution in [0.3, 0.4) is 0 Å². The summed E-state index contributed by atoms with van der Waals surface area (Å²) < 4.78 is 0. The summed E-state index contributed by atoms with van der Waals surface area (Å²) in [4.78, 5) is 14.7. The number of likely N-dealkylation sites (tertiary alicyclic amines) is 1. The minimum Gasteiger partial charge on any atom is -0.366 e. The van der Waals surface area contributed by atoms with Crippen molar-refractivity contribution in [1.29, 1.82) is 0 Å². The Balaban J connectivity index is 2.19. The average Bonchev–Trinajstić information content (AvgIpc) is 2.89. The van der Waals surface area contributed by atoms with Gasteiger partial charge in [0.25, 0.3) is 0 Å². The zero-order valence-electron chi connectivity index (χ0n) is 10.3. The number of aldehydes is 1. The summed E-state index contributed by atoms with van der Waals surface area (Å²) in [5.41, 5.74) is 0.846. The molecule has 92 valence electrons. The Labute approximate surface area is 107 Å². The van der Waals surface area contributed by atoms with Crippen molar-refractivity contribution in [3.05, 3.63) is 28.1 Å². The summed E-state index contributed by atoms with van der Waals surface area (Å²) in [6, 6.07) is 4.62. The normalized spacial score (nSPS) is 21.6. The van der Waals surface area contributed by atoms with Crippen molar-refractivity contribution in [2.45, 2.75) is 38.6 Å². The minimum absolute atomic E-state index is 0.542. The fraction of sp³-hybridized carbons (Fsp3) is 0.500. The third-order valence-corrected chi connectivity index (χ3v) is 4.20. The van der Waals surface area contributed by atoms with Gasteiger partial charge in [-0.05, 0) is 43.2 Å². The number of carbonyl (C=O) groups is 1. The maximum Gasteiger partial charge on any atom is 0.166 e. The lowest BCUT2D eigenvalue weighted by Crippen LogP contribution is -2.38. The molecule has 3 heteroatoms. The first kappa shape index (κ1) is 12.4. The maximum absolute atomic E-state index is 11.3. The molecule has 2 nitrogen and oxygen atoms in total. The van der Waals surface area contributed by atoms with Crippen LogP contribution in [0.15, 0.2) is 23.2 Å². The molecule has 0 radical (unpaired) electrons. The van der Waals surface area contributed by atoms with E-state index in [-0.39, 0.29) is 0 Å². The third kappa shape index (κ3) is 2.97. The average molecular weight is 249 g/mol.